The minimum Gasteiger partial charge on any atom is -0.386 e. The first-order valence-corrected chi connectivity index (χ1v) is 7.18. The lowest BCUT2D eigenvalue weighted by Gasteiger charge is -2.21. The van der Waals surface area contributed by atoms with Crippen LogP contribution in [0.5, 0.6) is 0 Å². The lowest BCUT2D eigenvalue weighted by atomic mass is 9.97. The third-order valence-corrected chi connectivity index (χ3v) is 4.01. The maximum absolute atomic E-state index is 10.3. The molecule has 2 aromatic carbocycles. The van der Waals surface area contributed by atoms with Gasteiger partial charge in [-0.25, -0.2) is 0 Å². The average Bonchev–Trinajstić information content (AvgIpc) is 2.37. The molecule has 19 heavy (non-hydrogen) atoms. The molecule has 0 spiro atoms. The van der Waals surface area contributed by atoms with E-state index in [1.54, 1.807) is 42.5 Å². The Labute approximate surface area is 130 Å². The van der Waals surface area contributed by atoms with Gasteiger partial charge in [0.1, 0.15) is 0 Å². The molecule has 0 aliphatic heterocycles. The molecule has 0 saturated heterocycles. The first-order chi connectivity index (χ1) is 8.99. The molecule has 0 aliphatic rings. The van der Waals surface area contributed by atoms with Crippen molar-refractivity contribution < 1.29 is 5.11 Å². The fourth-order valence-corrected chi connectivity index (χ4v) is 2.99. The van der Waals surface area contributed by atoms with Crippen LogP contribution in [0.4, 0.5) is 0 Å². The van der Waals surface area contributed by atoms with E-state index in [1.807, 2.05) is 0 Å². The van der Waals surface area contributed by atoms with Crippen molar-refractivity contribution in [3.8, 4) is 0 Å². The average molecular weight is 361 g/mol. The van der Waals surface area contributed by atoms with Gasteiger partial charge in [0.25, 0.3) is 0 Å². The normalized spacial score (nSPS) is 14.2. The second-order valence-corrected chi connectivity index (χ2v) is 5.92. The Morgan fingerprint density at radius 1 is 1.05 bits per heavy atom. The fraction of sp³-hybridized carbons (Fsp3) is 0.143. The van der Waals surface area contributed by atoms with Crippen LogP contribution in [0.1, 0.15) is 23.3 Å². The van der Waals surface area contributed by atoms with Gasteiger partial charge >= 0.3 is 0 Å². The van der Waals surface area contributed by atoms with Gasteiger partial charge in [0, 0.05) is 14.5 Å². The number of rotatable bonds is 3. The molecule has 100 valence electrons. The first kappa shape index (κ1) is 14.8. The van der Waals surface area contributed by atoms with Crippen molar-refractivity contribution in [3.63, 3.8) is 0 Å². The number of benzene rings is 2. The highest BCUT2D eigenvalue weighted by atomic mass is 79.9. The van der Waals surface area contributed by atoms with Crippen LogP contribution in [-0.4, -0.2) is 5.11 Å². The Bertz CT molecular complexity index is 591. The van der Waals surface area contributed by atoms with Gasteiger partial charge in [0.15, 0.2) is 0 Å². The Morgan fingerprint density at radius 2 is 1.74 bits per heavy atom. The van der Waals surface area contributed by atoms with E-state index < -0.39 is 12.1 Å². The van der Waals surface area contributed by atoms with Crippen LogP contribution in [0.2, 0.25) is 10.0 Å². The predicted molar refractivity (Wildman–Crippen MR) is 82.5 cm³/mol. The molecule has 5 heteroatoms. The van der Waals surface area contributed by atoms with E-state index in [2.05, 4.69) is 15.9 Å². The molecule has 2 atom stereocenters. The van der Waals surface area contributed by atoms with Crippen molar-refractivity contribution in [2.24, 2.45) is 5.73 Å². The largest absolute Gasteiger partial charge is 0.386 e. The summed E-state index contributed by atoms with van der Waals surface area (Å²) >= 11 is 15.2. The van der Waals surface area contributed by atoms with E-state index in [0.29, 0.717) is 15.6 Å². The van der Waals surface area contributed by atoms with Crippen LogP contribution in [0.15, 0.2) is 46.9 Å². The number of aliphatic hydroxyl groups is 1. The first-order valence-electron chi connectivity index (χ1n) is 5.63. The van der Waals surface area contributed by atoms with E-state index >= 15 is 0 Å². The van der Waals surface area contributed by atoms with Crippen molar-refractivity contribution in [2.75, 3.05) is 0 Å². The summed E-state index contributed by atoms with van der Waals surface area (Å²) < 4.78 is 0.772. The maximum atomic E-state index is 10.3. The summed E-state index contributed by atoms with van der Waals surface area (Å²) in [5, 5.41) is 11.5. The van der Waals surface area contributed by atoms with Crippen molar-refractivity contribution >= 4 is 39.1 Å². The monoisotopic (exact) mass is 359 g/mol. The van der Waals surface area contributed by atoms with Gasteiger partial charge in [0.05, 0.1) is 12.1 Å². The molecule has 2 aromatic rings. The summed E-state index contributed by atoms with van der Waals surface area (Å²) in [7, 11) is 0. The summed E-state index contributed by atoms with van der Waals surface area (Å²) in [5.74, 6) is 0. The molecule has 1 unspecified atom stereocenters. The zero-order valence-electron chi connectivity index (χ0n) is 9.85. The second-order valence-electron chi connectivity index (χ2n) is 4.19. The van der Waals surface area contributed by atoms with Crippen LogP contribution in [-0.2, 0) is 0 Å². The molecule has 2 nitrogen and oxygen atoms in total. The molecule has 3 N–H and O–H groups in total. The quantitative estimate of drug-likeness (QED) is 0.847. The zero-order valence-corrected chi connectivity index (χ0v) is 13.0. The smallest absolute Gasteiger partial charge is 0.0983 e. The molecular formula is C14H12BrCl2NO. The van der Waals surface area contributed by atoms with Crippen molar-refractivity contribution in [3.05, 3.63) is 68.1 Å². The molecule has 2 rings (SSSR count). The van der Waals surface area contributed by atoms with Crippen LogP contribution < -0.4 is 5.73 Å². The number of hydrogen-bond donors (Lipinski definition) is 2. The van der Waals surface area contributed by atoms with E-state index in [0.717, 1.165) is 10.0 Å². The molecule has 0 bridgehead atoms. The summed E-state index contributed by atoms with van der Waals surface area (Å²) in [5.41, 5.74) is 7.58. The van der Waals surface area contributed by atoms with Crippen LogP contribution in [0, 0.1) is 0 Å². The Balaban J connectivity index is 2.30. The highest BCUT2D eigenvalue weighted by Crippen LogP contribution is 2.33. The van der Waals surface area contributed by atoms with Crippen molar-refractivity contribution in [1.82, 2.24) is 0 Å². The predicted octanol–water partition coefficient (Wildman–Crippen LogP) is 4.49. The molecule has 0 amide bonds. The lowest BCUT2D eigenvalue weighted by Crippen LogP contribution is -2.20. The van der Waals surface area contributed by atoms with Crippen LogP contribution in [0.25, 0.3) is 0 Å². The van der Waals surface area contributed by atoms with Gasteiger partial charge in [0.2, 0.25) is 0 Å². The highest BCUT2D eigenvalue weighted by molar-refractivity contribution is 9.10. The van der Waals surface area contributed by atoms with Gasteiger partial charge in [-0.1, -0.05) is 57.3 Å². The number of hydrogen-bond acceptors (Lipinski definition) is 2. The standard InChI is InChI=1S/C14H12BrCl2NO/c15-12-7-10(17)4-5-11(12)13(18)14(19)8-2-1-3-9(16)6-8/h1-7,13-14,19H,18H2/t13-,14?/m1/s1. The van der Waals surface area contributed by atoms with Gasteiger partial charge in [-0.15, -0.1) is 0 Å². The van der Waals surface area contributed by atoms with E-state index in [4.69, 9.17) is 28.9 Å². The van der Waals surface area contributed by atoms with Crippen LogP contribution >= 0.6 is 39.1 Å². The fourth-order valence-electron chi connectivity index (χ4n) is 1.84. The van der Waals surface area contributed by atoms with Crippen LogP contribution in [0.3, 0.4) is 0 Å². The summed E-state index contributed by atoms with van der Waals surface area (Å²) in [6, 6.07) is 11.8. The molecule has 0 radical (unpaired) electrons. The minimum atomic E-state index is -0.837. The minimum absolute atomic E-state index is 0.565. The van der Waals surface area contributed by atoms with Gasteiger partial charge in [-0.05, 0) is 35.4 Å². The van der Waals surface area contributed by atoms with Crippen molar-refractivity contribution in [2.45, 2.75) is 12.1 Å². The summed E-state index contributed by atoms with van der Waals surface area (Å²) in [4.78, 5) is 0. The molecule has 0 saturated carbocycles. The molecule has 0 aliphatic carbocycles. The van der Waals surface area contributed by atoms with E-state index in [-0.39, 0.29) is 0 Å². The maximum Gasteiger partial charge on any atom is 0.0983 e. The Kier molecular flexibility index (Phi) is 4.87. The summed E-state index contributed by atoms with van der Waals surface area (Å²) in [6.07, 6.45) is -0.837. The Hall–Kier alpha value is -0.580. The number of aliphatic hydroxyl groups excluding tert-OH is 1. The number of halogens is 3. The molecule has 0 heterocycles. The van der Waals surface area contributed by atoms with Gasteiger partial charge in [-0.2, -0.15) is 0 Å². The highest BCUT2D eigenvalue weighted by Gasteiger charge is 2.21. The topological polar surface area (TPSA) is 46.2 Å². The SMILES string of the molecule is N[C@H](c1ccc(Cl)cc1Br)C(O)c1cccc(Cl)c1. The number of nitrogens with two attached hydrogens (primary N) is 1. The third-order valence-electron chi connectivity index (χ3n) is 2.85. The Morgan fingerprint density at radius 3 is 2.37 bits per heavy atom. The van der Waals surface area contributed by atoms with Gasteiger partial charge < -0.3 is 10.8 Å². The molecule has 0 fully saturated rings. The zero-order chi connectivity index (χ0) is 14.0. The molecular weight excluding hydrogens is 349 g/mol. The third kappa shape index (κ3) is 3.50. The second kappa shape index (κ2) is 6.25. The van der Waals surface area contributed by atoms with Crippen molar-refractivity contribution in [1.29, 1.82) is 0 Å². The van der Waals surface area contributed by atoms with Gasteiger partial charge in [-0.3, -0.25) is 0 Å². The van der Waals surface area contributed by atoms with E-state index in [1.165, 1.54) is 0 Å². The molecule has 0 aromatic heterocycles. The lowest BCUT2D eigenvalue weighted by molar-refractivity contribution is 0.146. The summed E-state index contributed by atoms with van der Waals surface area (Å²) in [6.45, 7) is 0. The van der Waals surface area contributed by atoms with E-state index in [9.17, 15) is 5.11 Å².